The van der Waals surface area contributed by atoms with Crippen LogP contribution in [0.5, 0.6) is 17.2 Å². The average molecular weight is 251 g/mol. The van der Waals surface area contributed by atoms with Crippen molar-refractivity contribution in [1.29, 1.82) is 0 Å². The molecule has 0 aliphatic carbocycles. The van der Waals surface area contributed by atoms with E-state index in [1.165, 1.54) is 5.56 Å². The highest BCUT2D eigenvalue weighted by Gasteiger charge is 2.25. The first-order valence-electron chi connectivity index (χ1n) is 6.30. The first-order chi connectivity index (χ1) is 8.74. The van der Waals surface area contributed by atoms with Gasteiger partial charge in [0.2, 0.25) is 5.75 Å². The van der Waals surface area contributed by atoms with Gasteiger partial charge in [0.1, 0.15) is 0 Å². The normalized spacial score (nSPS) is 17.7. The van der Waals surface area contributed by atoms with Gasteiger partial charge >= 0.3 is 0 Å². The summed E-state index contributed by atoms with van der Waals surface area (Å²) < 4.78 is 16.3. The molecule has 0 saturated heterocycles. The third kappa shape index (κ3) is 2.07. The van der Waals surface area contributed by atoms with E-state index in [1.807, 2.05) is 6.07 Å². The molecule has 1 heterocycles. The molecule has 1 unspecified atom stereocenters. The molecule has 18 heavy (non-hydrogen) atoms. The molecular formula is C14H21NO3. The number of nitrogens with one attached hydrogen (secondary N) is 1. The molecule has 1 N–H and O–H groups in total. The first-order valence-corrected chi connectivity index (χ1v) is 6.30. The minimum atomic E-state index is 0.643. The van der Waals surface area contributed by atoms with Crippen LogP contribution in [0.4, 0.5) is 5.69 Å². The van der Waals surface area contributed by atoms with Crippen LogP contribution in [-0.2, 0) is 6.42 Å². The van der Waals surface area contributed by atoms with Gasteiger partial charge in [-0.25, -0.2) is 0 Å². The number of hydrogen-bond acceptors (Lipinski definition) is 4. The maximum atomic E-state index is 5.52. The Morgan fingerprint density at radius 1 is 1.17 bits per heavy atom. The van der Waals surface area contributed by atoms with Gasteiger partial charge in [-0.2, -0.15) is 0 Å². The predicted molar refractivity (Wildman–Crippen MR) is 72.1 cm³/mol. The molecule has 0 amide bonds. The summed E-state index contributed by atoms with van der Waals surface area (Å²) in [5, 5.41) is 3.45. The predicted octanol–water partition coefficient (Wildman–Crippen LogP) is 2.71. The lowest BCUT2D eigenvalue weighted by atomic mass is 9.91. The first kappa shape index (κ1) is 12.9. The van der Waals surface area contributed by atoms with Crippen LogP contribution in [-0.4, -0.2) is 27.9 Å². The van der Waals surface area contributed by atoms with Crippen LogP contribution in [0, 0.1) is 5.92 Å². The van der Waals surface area contributed by atoms with Crippen molar-refractivity contribution in [3.8, 4) is 17.2 Å². The molecule has 0 aromatic heterocycles. The van der Waals surface area contributed by atoms with E-state index < -0.39 is 0 Å². The highest BCUT2D eigenvalue weighted by atomic mass is 16.5. The van der Waals surface area contributed by atoms with Crippen molar-refractivity contribution in [2.24, 2.45) is 5.92 Å². The van der Waals surface area contributed by atoms with Crippen LogP contribution in [0.2, 0.25) is 0 Å². The van der Waals surface area contributed by atoms with Gasteiger partial charge in [0.15, 0.2) is 11.5 Å². The van der Waals surface area contributed by atoms with Crippen LogP contribution in [0.15, 0.2) is 6.07 Å². The fourth-order valence-corrected chi connectivity index (χ4v) is 2.48. The standard InChI is InChI=1S/C14H21NO3/c1-5-9-6-10-11(15-8-9)7-12(16-2)14(18-4)13(10)17-3/h7,9,15H,5-6,8H2,1-4H3. The molecule has 4 heteroatoms. The van der Waals surface area contributed by atoms with E-state index in [4.69, 9.17) is 14.2 Å². The van der Waals surface area contributed by atoms with Crippen LogP contribution in [0.3, 0.4) is 0 Å². The van der Waals surface area contributed by atoms with E-state index in [0.29, 0.717) is 17.4 Å². The lowest BCUT2D eigenvalue weighted by Crippen LogP contribution is -2.23. The molecule has 4 nitrogen and oxygen atoms in total. The monoisotopic (exact) mass is 251 g/mol. The maximum absolute atomic E-state index is 5.52. The van der Waals surface area contributed by atoms with Gasteiger partial charge in [-0.05, 0) is 12.3 Å². The lowest BCUT2D eigenvalue weighted by molar-refractivity contribution is 0.320. The van der Waals surface area contributed by atoms with Gasteiger partial charge in [-0.3, -0.25) is 0 Å². The van der Waals surface area contributed by atoms with Crippen molar-refractivity contribution < 1.29 is 14.2 Å². The third-order valence-electron chi connectivity index (χ3n) is 3.58. The summed E-state index contributed by atoms with van der Waals surface area (Å²) in [5.74, 6) is 2.81. The van der Waals surface area contributed by atoms with Crippen LogP contribution < -0.4 is 19.5 Å². The second-order valence-corrected chi connectivity index (χ2v) is 4.53. The van der Waals surface area contributed by atoms with E-state index in [1.54, 1.807) is 21.3 Å². The largest absolute Gasteiger partial charge is 0.493 e. The minimum absolute atomic E-state index is 0.643. The molecule has 0 radical (unpaired) electrons. The molecule has 0 fully saturated rings. The van der Waals surface area contributed by atoms with Gasteiger partial charge in [-0.15, -0.1) is 0 Å². The molecule has 1 aliphatic rings. The summed E-state index contributed by atoms with van der Waals surface area (Å²) in [7, 11) is 4.95. The lowest BCUT2D eigenvalue weighted by Gasteiger charge is -2.28. The molecule has 0 spiro atoms. The van der Waals surface area contributed by atoms with Crippen LogP contribution >= 0.6 is 0 Å². The van der Waals surface area contributed by atoms with E-state index in [0.717, 1.165) is 30.8 Å². The second kappa shape index (κ2) is 5.38. The Morgan fingerprint density at radius 2 is 1.89 bits per heavy atom. The Hall–Kier alpha value is -1.58. The van der Waals surface area contributed by atoms with E-state index in [9.17, 15) is 0 Å². The zero-order valence-corrected chi connectivity index (χ0v) is 11.5. The van der Waals surface area contributed by atoms with E-state index >= 15 is 0 Å². The van der Waals surface area contributed by atoms with Crippen molar-refractivity contribution >= 4 is 5.69 Å². The van der Waals surface area contributed by atoms with Crippen LogP contribution in [0.25, 0.3) is 0 Å². The quantitative estimate of drug-likeness (QED) is 0.893. The molecule has 1 aromatic rings. The van der Waals surface area contributed by atoms with E-state index in [2.05, 4.69) is 12.2 Å². The number of hydrogen-bond donors (Lipinski definition) is 1. The molecule has 1 atom stereocenters. The summed E-state index contributed by atoms with van der Waals surface area (Å²) in [4.78, 5) is 0. The molecule has 1 aromatic carbocycles. The third-order valence-corrected chi connectivity index (χ3v) is 3.58. The molecule has 0 bridgehead atoms. The number of fused-ring (bicyclic) bond motifs is 1. The smallest absolute Gasteiger partial charge is 0.203 e. The van der Waals surface area contributed by atoms with Crippen molar-refractivity contribution in [3.63, 3.8) is 0 Å². The highest BCUT2D eigenvalue weighted by molar-refractivity contribution is 5.69. The summed E-state index contributed by atoms with van der Waals surface area (Å²) >= 11 is 0. The number of rotatable bonds is 4. The van der Waals surface area contributed by atoms with Crippen molar-refractivity contribution in [2.75, 3.05) is 33.2 Å². The Balaban J connectivity index is 2.52. The Morgan fingerprint density at radius 3 is 2.44 bits per heavy atom. The van der Waals surface area contributed by atoms with Crippen molar-refractivity contribution in [1.82, 2.24) is 0 Å². The molecule has 100 valence electrons. The summed E-state index contributed by atoms with van der Waals surface area (Å²) in [6.45, 7) is 3.21. The number of anilines is 1. The molecule has 2 rings (SSSR count). The zero-order valence-electron chi connectivity index (χ0n) is 11.5. The van der Waals surface area contributed by atoms with Crippen molar-refractivity contribution in [2.45, 2.75) is 19.8 Å². The zero-order chi connectivity index (χ0) is 13.1. The molecule has 1 aliphatic heterocycles. The number of ether oxygens (including phenoxy) is 3. The van der Waals surface area contributed by atoms with Crippen LogP contribution in [0.1, 0.15) is 18.9 Å². The average Bonchev–Trinajstić information content (AvgIpc) is 2.44. The van der Waals surface area contributed by atoms with Gasteiger partial charge in [0.25, 0.3) is 0 Å². The summed E-state index contributed by atoms with van der Waals surface area (Å²) in [6.07, 6.45) is 2.17. The highest BCUT2D eigenvalue weighted by Crippen LogP contribution is 2.46. The van der Waals surface area contributed by atoms with E-state index in [-0.39, 0.29) is 0 Å². The SMILES string of the molecule is CCC1CNc2cc(OC)c(OC)c(OC)c2C1. The fourth-order valence-electron chi connectivity index (χ4n) is 2.48. The van der Waals surface area contributed by atoms with Gasteiger partial charge in [0, 0.05) is 23.9 Å². The maximum Gasteiger partial charge on any atom is 0.203 e. The number of benzene rings is 1. The summed E-state index contributed by atoms with van der Waals surface area (Å²) in [6, 6.07) is 1.99. The van der Waals surface area contributed by atoms with Gasteiger partial charge < -0.3 is 19.5 Å². The molecule has 0 saturated carbocycles. The minimum Gasteiger partial charge on any atom is -0.493 e. The second-order valence-electron chi connectivity index (χ2n) is 4.53. The Kier molecular flexibility index (Phi) is 3.84. The Labute approximate surface area is 108 Å². The number of methoxy groups -OCH3 is 3. The van der Waals surface area contributed by atoms with Gasteiger partial charge in [-0.1, -0.05) is 13.3 Å². The molecular weight excluding hydrogens is 230 g/mol. The summed E-state index contributed by atoms with van der Waals surface area (Å²) in [5.41, 5.74) is 2.28. The van der Waals surface area contributed by atoms with Gasteiger partial charge in [0.05, 0.1) is 21.3 Å². The fraction of sp³-hybridized carbons (Fsp3) is 0.571. The Bertz CT molecular complexity index is 432. The topological polar surface area (TPSA) is 39.7 Å². The van der Waals surface area contributed by atoms with Crippen molar-refractivity contribution in [3.05, 3.63) is 11.6 Å².